The van der Waals surface area contributed by atoms with Gasteiger partial charge in [0.25, 0.3) is 0 Å². The summed E-state index contributed by atoms with van der Waals surface area (Å²) in [5, 5.41) is 0. The highest BCUT2D eigenvalue weighted by Gasteiger charge is 2.19. The first-order valence-electron chi connectivity index (χ1n) is 10.6. The van der Waals surface area contributed by atoms with Gasteiger partial charge < -0.3 is 4.74 Å². The van der Waals surface area contributed by atoms with E-state index in [1.54, 1.807) is 43.5 Å². The van der Waals surface area contributed by atoms with Crippen molar-refractivity contribution in [3.05, 3.63) is 95.3 Å². The molecule has 1 unspecified atom stereocenters. The lowest BCUT2D eigenvalue weighted by Gasteiger charge is -2.17. The molecule has 0 amide bonds. The van der Waals surface area contributed by atoms with Crippen LogP contribution in [0.15, 0.2) is 78.0 Å². The van der Waals surface area contributed by atoms with Crippen LogP contribution in [-0.2, 0) is 32.4 Å². The van der Waals surface area contributed by atoms with E-state index < -0.39 is 16.1 Å². The van der Waals surface area contributed by atoms with Gasteiger partial charge in [-0.25, -0.2) is 13.1 Å². The number of pyridine rings is 1. The Balaban J connectivity index is 1.86. The molecule has 0 saturated heterocycles. The molecule has 1 N–H and O–H groups in total. The van der Waals surface area contributed by atoms with Crippen LogP contribution in [-0.4, -0.2) is 26.0 Å². The number of rotatable bonds is 10. The van der Waals surface area contributed by atoms with E-state index in [4.69, 9.17) is 4.74 Å². The molecule has 1 aromatic heterocycles. The summed E-state index contributed by atoms with van der Waals surface area (Å²) in [4.78, 5) is 16.2. The van der Waals surface area contributed by atoms with Crippen molar-refractivity contribution in [3.8, 4) is 0 Å². The van der Waals surface area contributed by atoms with Crippen molar-refractivity contribution in [1.29, 1.82) is 0 Å². The Morgan fingerprint density at radius 3 is 2.47 bits per heavy atom. The van der Waals surface area contributed by atoms with E-state index in [1.165, 1.54) is 0 Å². The molecular weight excluding hydrogens is 424 g/mol. The number of carbonyl (C=O) groups is 1. The maximum Gasteiger partial charge on any atom is 0.306 e. The lowest BCUT2D eigenvalue weighted by Crippen LogP contribution is -2.27. The van der Waals surface area contributed by atoms with Crippen molar-refractivity contribution >= 4 is 16.0 Å². The van der Waals surface area contributed by atoms with Gasteiger partial charge in [0.05, 0.1) is 11.5 Å². The molecule has 0 saturated carbocycles. The molecular formula is C25H28N2O4S. The van der Waals surface area contributed by atoms with Gasteiger partial charge in [-0.05, 0) is 67.1 Å². The number of hydrogen-bond acceptors (Lipinski definition) is 5. The van der Waals surface area contributed by atoms with E-state index in [2.05, 4.69) is 9.71 Å². The molecule has 1 heterocycles. The average Bonchev–Trinajstić information content (AvgIpc) is 2.79. The SMILES string of the molecule is CCOC(=O)CCc1cc(Cc2cccnc2)cc(C(C)NS(=O)(=O)c2ccccc2)c1. The zero-order chi connectivity index (χ0) is 23.0. The van der Waals surface area contributed by atoms with Crippen LogP contribution in [0.25, 0.3) is 0 Å². The van der Waals surface area contributed by atoms with Gasteiger partial charge in [0.1, 0.15) is 0 Å². The van der Waals surface area contributed by atoms with Crippen molar-refractivity contribution in [1.82, 2.24) is 9.71 Å². The Labute approximate surface area is 189 Å². The van der Waals surface area contributed by atoms with Gasteiger partial charge in [-0.2, -0.15) is 0 Å². The molecule has 3 aromatic rings. The van der Waals surface area contributed by atoms with E-state index in [9.17, 15) is 13.2 Å². The fourth-order valence-electron chi connectivity index (χ4n) is 3.47. The van der Waals surface area contributed by atoms with Gasteiger partial charge in [-0.1, -0.05) is 42.5 Å². The van der Waals surface area contributed by atoms with Crippen molar-refractivity contribution in [2.45, 2.75) is 44.0 Å². The summed E-state index contributed by atoms with van der Waals surface area (Å²) in [5.41, 5.74) is 3.88. The number of carbonyl (C=O) groups excluding carboxylic acids is 1. The Morgan fingerprint density at radius 1 is 1.03 bits per heavy atom. The molecule has 0 bridgehead atoms. The molecule has 0 aliphatic carbocycles. The second-order valence-corrected chi connectivity index (χ2v) is 9.30. The standard InChI is InChI=1S/C25H28N2O4S/c1-3-31-25(28)12-11-20-14-22(15-21-8-7-13-26-18-21)17-23(16-20)19(2)27-32(29,30)24-9-5-4-6-10-24/h4-10,13-14,16-19,27H,3,11-12,15H2,1-2H3. The number of esters is 1. The van der Waals surface area contributed by atoms with Crippen LogP contribution in [0.5, 0.6) is 0 Å². The normalized spacial score (nSPS) is 12.3. The van der Waals surface area contributed by atoms with E-state index in [0.29, 0.717) is 19.4 Å². The third kappa shape index (κ3) is 6.73. The van der Waals surface area contributed by atoms with Gasteiger partial charge >= 0.3 is 5.97 Å². The molecule has 1 atom stereocenters. The highest BCUT2D eigenvalue weighted by molar-refractivity contribution is 7.89. The monoisotopic (exact) mass is 452 g/mol. The van der Waals surface area contributed by atoms with Crippen LogP contribution in [0.1, 0.15) is 48.6 Å². The predicted octanol–water partition coefficient (Wildman–Crippen LogP) is 4.21. The average molecular weight is 453 g/mol. The van der Waals surface area contributed by atoms with Crippen molar-refractivity contribution < 1.29 is 17.9 Å². The van der Waals surface area contributed by atoms with E-state index >= 15 is 0 Å². The van der Waals surface area contributed by atoms with E-state index in [-0.39, 0.29) is 17.3 Å². The topological polar surface area (TPSA) is 85.4 Å². The molecule has 32 heavy (non-hydrogen) atoms. The molecule has 7 heteroatoms. The first-order valence-corrected chi connectivity index (χ1v) is 12.1. The van der Waals surface area contributed by atoms with Crippen molar-refractivity contribution in [2.24, 2.45) is 0 Å². The molecule has 0 radical (unpaired) electrons. The maximum atomic E-state index is 12.8. The molecule has 0 aliphatic rings. The summed E-state index contributed by atoms with van der Waals surface area (Å²) >= 11 is 0. The smallest absolute Gasteiger partial charge is 0.306 e. The molecule has 0 spiro atoms. The fourth-order valence-corrected chi connectivity index (χ4v) is 4.73. The van der Waals surface area contributed by atoms with Crippen LogP contribution < -0.4 is 4.72 Å². The zero-order valence-electron chi connectivity index (χ0n) is 18.3. The number of aromatic nitrogens is 1. The fraction of sp³-hybridized carbons (Fsp3) is 0.280. The number of ether oxygens (including phenoxy) is 1. The number of nitrogens with one attached hydrogen (secondary N) is 1. The quantitative estimate of drug-likeness (QED) is 0.466. The largest absolute Gasteiger partial charge is 0.466 e. The van der Waals surface area contributed by atoms with E-state index in [1.807, 2.05) is 43.5 Å². The van der Waals surface area contributed by atoms with Crippen molar-refractivity contribution in [3.63, 3.8) is 0 Å². The number of sulfonamides is 1. The summed E-state index contributed by atoms with van der Waals surface area (Å²) in [6.07, 6.45) is 4.99. The Kier molecular flexibility index (Phi) is 8.14. The molecule has 0 fully saturated rings. The maximum absolute atomic E-state index is 12.8. The summed E-state index contributed by atoms with van der Waals surface area (Å²) < 4.78 is 33.4. The van der Waals surface area contributed by atoms with Gasteiger partial charge in [0.15, 0.2) is 0 Å². The van der Waals surface area contributed by atoms with Gasteiger partial charge in [-0.15, -0.1) is 0 Å². The highest BCUT2D eigenvalue weighted by atomic mass is 32.2. The van der Waals surface area contributed by atoms with Gasteiger partial charge in [0, 0.05) is 24.9 Å². The second-order valence-electron chi connectivity index (χ2n) is 7.58. The molecule has 168 valence electrons. The Bertz CT molecular complexity index is 1130. The molecule has 3 rings (SSSR count). The van der Waals surface area contributed by atoms with Crippen LogP contribution in [0.4, 0.5) is 0 Å². The number of hydrogen-bond donors (Lipinski definition) is 1. The summed E-state index contributed by atoms with van der Waals surface area (Å²) in [6.45, 7) is 3.95. The minimum Gasteiger partial charge on any atom is -0.466 e. The van der Waals surface area contributed by atoms with Crippen LogP contribution in [0.2, 0.25) is 0 Å². The molecule has 6 nitrogen and oxygen atoms in total. The summed E-state index contributed by atoms with van der Waals surface area (Å²) in [7, 11) is -3.66. The predicted molar refractivity (Wildman–Crippen MR) is 124 cm³/mol. The Hall–Kier alpha value is -3.03. The lowest BCUT2D eigenvalue weighted by molar-refractivity contribution is -0.143. The number of benzene rings is 2. The minimum atomic E-state index is -3.66. The van der Waals surface area contributed by atoms with Crippen LogP contribution in [0.3, 0.4) is 0 Å². The molecule has 0 aliphatic heterocycles. The van der Waals surface area contributed by atoms with Crippen LogP contribution in [0, 0.1) is 0 Å². The van der Waals surface area contributed by atoms with Crippen LogP contribution >= 0.6 is 0 Å². The van der Waals surface area contributed by atoms with Gasteiger partial charge in [-0.3, -0.25) is 9.78 Å². The lowest BCUT2D eigenvalue weighted by atomic mass is 9.96. The number of aryl methyl sites for hydroxylation is 1. The Morgan fingerprint density at radius 2 is 1.78 bits per heavy atom. The summed E-state index contributed by atoms with van der Waals surface area (Å²) in [6, 6.07) is 17.7. The highest BCUT2D eigenvalue weighted by Crippen LogP contribution is 2.22. The number of nitrogens with zero attached hydrogens (tertiary/aromatic N) is 1. The first-order chi connectivity index (χ1) is 15.4. The summed E-state index contributed by atoms with van der Waals surface area (Å²) in [5.74, 6) is -0.246. The first kappa shape index (κ1) is 23.6. The van der Waals surface area contributed by atoms with Gasteiger partial charge in [0.2, 0.25) is 10.0 Å². The molecule has 2 aromatic carbocycles. The third-order valence-corrected chi connectivity index (χ3v) is 6.57. The zero-order valence-corrected chi connectivity index (χ0v) is 19.1. The minimum absolute atomic E-state index is 0.223. The second kappa shape index (κ2) is 11.0. The van der Waals surface area contributed by atoms with E-state index in [0.717, 1.165) is 22.3 Å². The third-order valence-electron chi connectivity index (χ3n) is 5.01. The van der Waals surface area contributed by atoms with Crippen molar-refractivity contribution in [2.75, 3.05) is 6.61 Å².